The van der Waals surface area contributed by atoms with E-state index in [1.54, 1.807) is 18.2 Å². The van der Waals surface area contributed by atoms with E-state index in [1.807, 2.05) is 30.3 Å². The number of carbonyl (C=O) groups is 1. The topological polar surface area (TPSA) is 126 Å². The van der Waals surface area contributed by atoms with E-state index in [-0.39, 0.29) is 21.6 Å². The first kappa shape index (κ1) is 19.5. The van der Waals surface area contributed by atoms with E-state index < -0.39 is 15.7 Å². The number of nitrogens with zero attached hydrogens (tertiary/aromatic N) is 3. The molecule has 0 atom stereocenters. The maximum atomic E-state index is 12.3. The fourth-order valence-electron chi connectivity index (χ4n) is 2.16. The molecule has 142 valence electrons. The van der Waals surface area contributed by atoms with E-state index in [0.717, 1.165) is 17.1 Å². The second kappa shape index (κ2) is 8.16. The van der Waals surface area contributed by atoms with Crippen LogP contribution in [0.25, 0.3) is 17.4 Å². The summed E-state index contributed by atoms with van der Waals surface area (Å²) in [5, 5.41) is 11.3. The molecule has 0 saturated heterocycles. The Morgan fingerprint density at radius 3 is 2.71 bits per heavy atom. The van der Waals surface area contributed by atoms with Gasteiger partial charge in [-0.25, -0.2) is 8.42 Å². The number of benzene rings is 1. The molecule has 10 heteroatoms. The maximum absolute atomic E-state index is 12.3. The highest BCUT2D eigenvalue weighted by atomic mass is 32.2. The van der Waals surface area contributed by atoms with Crippen LogP contribution in [0.4, 0.5) is 5.13 Å². The van der Waals surface area contributed by atoms with Crippen LogP contribution in [-0.4, -0.2) is 29.4 Å². The third-order valence-electron chi connectivity index (χ3n) is 3.62. The molecule has 0 spiro atoms. The molecule has 2 heterocycles. The molecule has 0 unspecified atom stereocenters. The van der Waals surface area contributed by atoms with Crippen LogP contribution < -0.4 is 5.32 Å². The third kappa shape index (κ3) is 4.33. The predicted molar refractivity (Wildman–Crippen MR) is 104 cm³/mol. The molecule has 2 aromatic heterocycles. The SMILES string of the molecule is CCS(=O)(=O)c1nsc(NC(=O)/C(C#N)=C\c2ccc(-c3ccccc3)o2)n1. The number of sulfone groups is 1. The highest BCUT2D eigenvalue weighted by molar-refractivity contribution is 7.91. The smallest absolute Gasteiger partial charge is 0.268 e. The van der Waals surface area contributed by atoms with Crippen molar-refractivity contribution in [1.82, 2.24) is 9.36 Å². The Bertz CT molecular complexity index is 1170. The summed E-state index contributed by atoms with van der Waals surface area (Å²) >= 11 is 0.723. The molecular weight excluding hydrogens is 400 g/mol. The molecule has 8 nitrogen and oxygen atoms in total. The lowest BCUT2D eigenvalue weighted by Crippen LogP contribution is -2.13. The van der Waals surface area contributed by atoms with Gasteiger partial charge in [-0.1, -0.05) is 37.3 Å². The first-order valence-corrected chi connectivity index (χ1v) is 10.5. The quantitative estimate of drug-likeness (QED) is 0.485. The van der Waals surface area contributed by atoms with Crippen LogP contribution in [0, 0.1) is 11.3 Å². The van der Waals surface area contributed by atoms with Gasteiger partial charge < -0.3 is 4.42 Å². The Labute approximate surface area is 165 Å². The molecular formula is C18H14N4O4S2. The van der Waals surface area contributed by atoms with E-state index in [0.29, 0.717) is 11.5 Å². The molecule has 1 N–H and O–H groups in total. The first-order valence-electron chi connectivity index (χ1n) is 8.08. The lowest BCUT2D eigenvalue weighted by molar-refractivity contribution is -0.112. The second-order valence-electron chi connectivity index (χ2n) is 5.48. The molecule has 0 aliphatic heterocycles. The molecule has 0 aliphatic rings. The van der Waals surface area contributed by atoms with Gasteiger partial charge in [0.25, 0.3) is 11.1 Å². The highest BCUT2D eigenvalue weighted by Gasteiger charge is 2.20. The van der Waals surface area contributed by atoms with Crippen molar-refractivity contribution >= 4 is 38.5 Å². The van der Waals surface area contributed by atoms with Crippen molar-refractivity contribution in [3.05, 3.63) is 53.8 Å². The molecule has 0 fully saturated rings. The molecule has 0 radical (unpaired) electrons. The number of nitriles is 1. The minimum atomic E-state index is -3.57. The molecule has 28 heavy (non-hydrogen) atoms. The Balaban J connectivity index is 1.77. The Morgan fingerprint density at radius 2 is 2.04 bits per heavy atom. The lowest BCUT2D eigenvalue weighted by atomic mass is 10.2. The number of hydrogen-bond donors (Lipinski definition) is 1. The van der Waals surface area contributed by atoms with Gasteiger partial charge in [0, 0.05) is 23.2 Å². The normalized spacial score (nSPS) is 11.8. The fourth-order valence-corrected chi connectivity index (χ4v) is 3.74. The molecule has 1 amide bonds. The number of amides is 1. The molecule has 0 aliphatic carbocycles. The van der Waals surface area contributed by atoms with Crippen molar-refractivity contribution in [1.29, 1.82) is 5.26 Å². The minimum absolute atomic E-state index is 0.0115. The molecule has 0 saturated carbocycles. The highest BCUT2D eigenvalue weighted by Crippen LogP contribution is 2.23. The zero-order valence-electron chi connectivity index (χ0n) is 14.6. The van der Waals surface area contributed by atoms with Crippen molar-refractivity contribution in [2.24, 2.45) is 0 Å². The average molecular weight is 414 g/mol. The molecule has 0 bridgehead atoms. The average Bonchev–Trinajstić information content (AvgIpc) is 3.36. The molecule has 3 rings (SSSR count). The van der Waals surface area contributed by atoms with Crippen molar-refractivity contribution in [3.63, 3.8) is 0 Å². The fraction of sp³-hybridized carbons (Fsp3) is 0.111. The van der Waals surface area contributed by atoms with Gasteiger partial charge in [0.2, 0.25) is 15.0 Å². The number of carbonyl (C=O) groups excluding carboxylic acids is 1. The zero-order chi connectivity index (χ0) is 20.1. The second-order valence-corrected chi connectivity index (χ2v) is 8.40. The summed E-state index contributed by atoms with van der Waals surface area (Å²) in [6, 6.07) is 14.6. The summed E-state index contributed by atoms with van der Waals surface area (Å²) in [7, 11) is -3.57. The van der Waals surface area contributed by atoms with Gasteiger partial charge in [-0.15, -0.1) is 0 Å². The third-order valence-corrected chi connectivity index (χ3v) is 5.87. The van der Waals surface area contributed by atoms with Crippen LogP contribution in [0.1, 0.15) is 12.7 Å². The summed E-state index contributed by atoms with van der Waals surface area (Å²) in [4.78, 5) is 16.1. The van der Waals surface area contributed by atoms with E-state index in [9.17, 15) is 18.5 Å². The van der Waals surface area contributed by atoms with E-state index in [4.69, 9.17) is 4.42 Å². The van der Waals surface area contributed by atoms with E-state index >= 15 is 0 Å². The van der Waals surface area contributed by atoms with Gasteiger partial charge in [-0.05, 0) is 12.1 Å². The van der Waals surface area contributed by atoms with Crippen LogP contribution in [0.3, 0.4) is 0 Å². The van der Waals surface area contributed by atoms with Crippen LogP contribution in [-0.2, 0) is 14.6 Å². The lowest BCUT2D eigenvalue weighted by Gasteiger charge is -1.99. The van der Waals surface area contributed by atoms with E-state index in [1.165, 1.54) is 13.0 Å². The maximum Gasteiger partial charge on any atom is 0.268 e. The molecule has 3 aromatic rings. The van der Waals surface area contributed by atoms with Gasteiger partial charge in [-0.2, -0.15) is 14.6 Å². The number of anilines is 1. The predicted octanol–water partition coefficient (Wildman–Crippen LogP) is 3.14. The number of hydrogen-bond acceptors (Lipinski definition) is 8. The monoisotopic (exact) mass is 414 g/mol. The largest absolute Gasteiger partial charge is 0.457 e. The van der Waals surface area contributed by atoms with Crippen LogP contribution in [0.2, 0.25) is 0 Å². The number of furan rings is 1. The van der Waals surface area contributed by atoms with E-state index in [2.05, 4.69) is 14.7 Å². The zero-order valence-corrected chi connectivity index (χ0v) is 16.3. The number of aromatic nitrogens is 2. The Hall–Kier alpha value is -3.29. The summed E-state index contributed by atoms with van der Waals surface area (Å²) in [5.74, 6) is 0.0415. The first-order chi connectivity index (χ1) is 13.4. The van der Waals surface area contributed by atoms with Crippen LogP contribution in [0.5, 0.6) is 0 Å². The summed E-state index contributed by atoms with van der Waals surface area (Å²) in [6.45, 7) is 1.47. The van der Waals surface area contributed by atoms with Crippen molar-refractivity contribution in [2.45, 2.75) is 12.1 Å². The Morgan fingerprint density at radius 1 is 1.29 bits per heavy atom. The van der Waals surface area contributed by atoms with Gasteiger partial charge >= 0.3 is 0 Å². The molecule has 1 aromatic carbocycles. The van der Waals surface area contributed by atoms with Gasteiger partial charge in [0.1, 0.15) is 23.2 Å². The number of nitrogens with one attached hydrogen (secondary N) is 1. The summed E-state index contributed by atoms with van der Waals surface area (Å²) in [5.41, 5.74) is 0.646. The van der Waals surface area contributed by atoms with Crippen LogP contribution >= 0.6 is 11.5 Å². The van der Waals surface area contributed by atoms with Crippen LogP contribution in [0.15, 0.2) is 57.6 Å². The summed E-state index contributed by atoms with van der Waals surface area (Å²) < 4.78 is 32.9. The van der Waals surface area contributed by atoms with Gasteiger partial charge in [0.15, 0.2) is 0 Å². The minimum Gasteiger partial charge on any atom is -0.457 e. The van der Waals surface area contributed by atoms with Crippen molar-refractivity contribution in [3.8, 4) is 17.4 Å². The van der Waals surface area contributed by atoms with Gasteiger partial charge in [0.05, 0.1) is 5.75 Å². The van der Waals surface area contributed by atoms with Gasteiger partial charge in [-0.3, -0.25) is 10.1 Å². The van der Waals surface area contributed by atoms with Crippen molar-refractivity contribution < 1.29 is 17.6 Å². The Kier molecular flexibility index (Phi) is 5.67. The number of rotatable bonds is 6. The summed E-state index contributed by atoms with van der Waals surface area (Å²) in [6.07, 6.45) is 1.30. The standard InChI is InChI=1S/C18H14N4O4S2/c1-2-28(24,25)18-21-17(27-22-18)20-16(23)13(11-19)10-14-8-9-15(26-14)12-6-4-3-5-7-12/h3-10H,2H2,1H3,(H,20,21,22,23)/b13-10-. The van der Waals surface area contributed by atoms with Crippen molar-refractivity contribution in [2.75, 3.05) is 11.1 Å².